The molecule has 1 aromatic carbocycles. The molecule has 0 aliphatic carbocycles. The summed E-state index contributed by atoms with van der Waals surface area (Å²) in [6.45, 7) is 5.79. The fourth-order valence-electron chi connectivity index (χ4n) is 5.50. The standard InChI is InChI=1S/C27H29FN8O4/c1-27(2,3)36(26(39)40)13-11-35(12-14-36,25(37)38)20-15-31-23(32-22(20)29)21-18-8-6-10-30-24(18)34(33-21)16-17-7-4-5-9-19(17)28/h4-10,15H,11-14,16H2,1-3H3,(H2-2,29,31,32,37,38,39,40)/p+2. The molecule has 4 N–H and O–H groups in total. The minimum Gasteiger partial charge on any atom is -0.435 e. The number of anilines is 1. The van der Waals surface area contributed by atoms with Crippen LogP contribution in [0.2, 0.25) is 0 Å². The number of halogens is 1. The van der Waals surface area contributed by atoms with Crippen LogP contribution in [0, 0.1) is 5.82 Å². The van der Waals surface area contributed by atoms with Crippen molar-refractivity contribution in [1.29, 1.82) is 0 Å². The molecule has 1 saturated heterocycles. The lowest BCUT2D eigenvalue weighted by atomic mass is 9.99. The number of hydrogen-bond donors (Lipinski definition) is 3. The summed E-state index contributed by atoms with van der Waals surface area (Å²) in [6.07, 6.45) is 0.821. The number of benzene rings is 1. The Morgan fingerprint density at radius 1 is 1.02 bits per heavy atom. The van der Waals surface area contributed by atoms with E-state index in [2.05, 4.69) is 20.1 Å². The van der Waals surface area contributed by atoms with Crippen LogP contribution >= 0.6 is 0 Å². The van der Waals surface area contributed by atoms with Gasteiger partial charge in [-0.3, -0.25) is 0 Å². The molecule has 1 aliphatic heterocycles. The van der Waals surface area contributed by atoms with Crippen molar-refractivity contribution in [2.75, 3.05) is 31.9 Å². The molecule has 4 aromatic rings. The summed E-state index contributed by atoms with van der Waals surface area (Å²) >= 11 is 0. The summed E-state index contributed by atoms with van der Waals surface area (Å²) in [7, 11) is 0. The minimum absolute atomic E-state index is 0.00404. The fourth-order valence-corrected chi connectivity index (χ4v) is 5.50. The highest BCUT2D eigenvalue weighted by molar-refractivity contribution is 5.90. The number of fused-ring (bicyclic) bond motifs is 1. The lowest BCUT2D eigenvalue weighted by molar-refractivity contribution is -0.906. The Hall–Kier alpha value is -4.49. The number of pyridine rings is 1. The summed E-state index contributed by atoms with van der Waals surface area (Å²) in [5, 5.41) is 25.6. The second-order valence-electron chi connectivity index (χ2n) is 11.0. The van der Waals surface area contributed by atoms with Crippen molar-refractivity contribution in [2.24, 2.45) is 0 Å². The quantitative estimate of drug-likeness (QED) is 0.320. The largest absolute Gasteiger partial charge is 0.519 e. The number of amides is 2. The van der Waals surface area contributed by atoms with Crippen molar-refractivity contribution in [3.8, 4) is 11.5 Å². The summed E-state index contributed by atoms with van der Waals surface area (Å²) in [5.41, 5.74) is 7.22. The number of aromatic nitrogens is 5. The van der Waals surface area contributed by atoms with Gasteiger partial charge in [-0.15, -0.1) is 0 Å². The van der Waals surface area contributed by atoms with Crippen molar-refractivity contribution < 1.29 is 28.7 Å². The molecule has 4 heterocycles. The Labute approximate surface area is 229 Å². The van der Waals surface area contributed by atoms with Crippen LogP contribution in [0.5, 0.6) is 0 Å². The second-order valence-corrected chi connectivity index (χ2v) is 11.0. The third kappa shape index (κ3) is 4.23. The predicted molar refractivity (Wildman–Crippen MR) is 146 cm³/mol. The van der Waals surface area contributed by atoms with Crippen molar-refractivity contribution in [1.82, 2.24) is 29.2 Å². The van der Waals surface area contributed by atoms with Crippen LogP contribution in [-0.4, -0.2) is 83.3 Å². The molecule has 1 aliphatic rings. The van der Waals surface area contributed by atoms with E-state index in [9.17, 15) is 24.2 Å². The Kier molecular flexibility index (Phi) is 6.51. The Morgan fingerprint density at radius 3 is 2.33 bits per heavy atom. The van der Waals surface area contributed by atoms with Crippen LogP contribution < -0.4 is 10.2 Å². The van der Waals surface area contributed by atoms with E-state index in [1.165, 1.54) is 12.3 Å². The summed E-state index contributed by atoms with van der Waals surface area (Å²) < 4.78 is 15.1. The first kappa shape index (κ1) is 27.1. The van der Waals surface area contributed by atoms with Gasteiger partial charge in [0.1, 0.15) is 43.2 Å². The molecule has 0 saturated carbocycles. The van der Waals surface area contributed by atoms with E-state index in [0.717, 1.165) is 0 Å². The number of nitrogens with zero attached hydrogens (tertiary/aromatic N) is 7. The lowest BCUT2D eigenvalue weighted by Crippen LogP contribution is -2.75. The Balaban J connectivity index is 1.53. The molecule has 0 bridgehead atoms. The molecule has 2 amide bonds. The smallest absolute Gasteiger partial charge is 0.435 e. The van der Waals surface area contributed by atoms with Crippen LogP contribution in [0.25, 0.3) is 22.6 Å². The van der Waals surface area contributed by atoms with Gasteiger partial charge in [0, 0.05) is 11.8 Å². The van der Waals surface area contributed by atoms with Gasteiger partial charge in [0.25, 0.3) is 0 Å². The topological polar surface area (TPSA) is 157 Å². The molecular weight excluding hydrogens is 519 g/mol. The van der Waals surface area contributed by atoms with Gasteiger partial charge in [0.2, 0.25) is 5.69 Å². The van der Waals surface area contributed by atoms with E-state index in [4.69, 9.17) is 5.73 Å². The monoisotopic (exact) mass is 550 g/mol. The number of hydrogen-bond acceptors (Lipinski definition) is 7. The first-order chi connectivity index (χ1) is 18.9. The average Bonchev–Trinajstić information content (AvgIpc) is 3.27. The molecule has 12 nitrogen and oxygen atoms in total. The van der Waals surface area contributed by atoms with E-state index in [1.807, 2.05) is 20.8 Å². The maximum atomic E-state index is 14.4. The van der Waals surface area contributed by atoms with Crippen LogP contribution in [0.1, 0.15) is 26.3 Å². The Morgan fingerprint density at radius 2 is 1.73 bits per heavy atom. The van der Waals surface area contributed by atoms with Gasteiger partial charge >= 0.3 is 12.2 Å². The first-order valence-electron chi connectivity index (χ1n) is 12.8. The number of rotatable bonds is 4. The number of carbonyl (C=O) groups is 2. The van der Waals surface area contributed by atoms with Crippen molar-refractivity contribution in [2.45, 2.75) is 32.9 Å². The maximum absolute atomic E-state index is 14.4. The molecule has 3 aromatic heterocycles. The third-order valence-corrected chi connectivity index (χ3v) is 8.00. The first-order valence-corrected chi connectivity index (χ1v) is 12.8. The molecule has 0 atom stereocenters. The third-order valence-electron chi connectivity index (χ3n) is 8.00. The molecule has 5 rings (SSSR count). The highest BCUT2D eigenvalue weighted by atomic mass is 19.1. The molecule has 13 heteroatoms. The van der Waals surface area contributed by atoms with Gasteiger partial charge < -0.3 is 15.9 Å². The zero-order valence-electron chi connectivity index (χ0n) is 22.5. The predicted octanol–water partition coefficient (Wildman–Crippen LogP) is 3.95. The van der Waals surface area contributed by atoms with E-state index in [0.29, 0.717) is 22.3 Å². The van der Waals surface area contributed by atoms with Crippen LogP contribution in [0.4, 0.5) is 25.5 Å². The van der Waals surface area contributed by atoms with Crippen molar-refractivity contribution in [3.63, 3.8) is 0 Å². The minimum atomic E-state index is -1.16. The summed E-state index contributed by atoms with van der Waals surface area (Å²) in [4.78, 5) is 38.2. The number of nitrogens with two attached hydrogens (primary N) is 1. The number of carboxylic acid groups (broad SMARTS) is 2. The normalized spacial score (nSPS) is 21.4. The molecule has 40 heavy (non-hydrogen) atoms. The van der Waals surface area contributed by atoms with Gasteiger partial charge in [-0.25, -0.2) is 28.5 Å². The van der Waals surface area contributed by atoms with Crippen molar-refractivity contribution in [3.05, 3.63) is 60.2 Å². The van der Waals surface area contributed by atoms with Crippen LogP contribution in [0.3, 0.4) is 0 Å². The number of piperazine rings is 1. The van der Waals surface area contributed by atoms with E-state index in [1.54, 1.807) is 41.2 Å². The van der Waals surface area contributed by atoms with Gasteiger partial charge in [-0.05, 0) is 39.0 Å². The highest BCUT2D eigenvalue weighted by Gasteiger charge is 2.58. The number of nitrogen functional groups attached to an aromatic ring is 1. The average molecular weight is 551 g/mol. The lowest BCUT2D eigenvalue weighted by Gasteiger charge is -2.49. The Bertz CT molecular complexity index is 1620. The molecule has 1 fully saturated rings. The zero-order valence-corrected chi connectivity index (χ0v) is 22.5. The zero-order chi connectivity index (χ0) is 28.9. The summed E-state index contributed by atoms with van der Waals surface area (Å²) in [6, 6.07) is 9.92. The molecule has 208 valence electrons. The molecule has 0 radical (unpaired) electrons. The second kappa shape index (κ2) is 9.61. The summed E-state index contributed by atoms with van der Waals surface area (Å²) in [5.74, 6) is -0.244. The highest BCUT2D eigenvalue weighted by Crippen LogP contribution is 2.37. The van der Waals surface area contributed by atoms with Crippen molar-refractivity contribution >= 4 is 34.7 Å². The van der Waals surface area contributed by atoms with E-state index in [-0.39, 0.29) is 60.4 Å². The molecule has 0 unspecified atom stereocenters. The van der Waals surface area contributed by atoms with Gasteiger partial charge in [0.15, 0.2) is 17.3 Å². The van der Waals surface area contributed by atoms with Crippen LogP contribution in [0.15, 0.2) is 48.8 Å². The van der Waals surface area contributed by atoms with Crippen LogP contribution in [-0.2, 0) is 6.54 Å². The number of quaternary nitrogens is 2. The fraction of sp³-hybridized carbons (Fsp3) is 0.333. The SMILES string of the molecule is CC(C)(C)[N+]1(C(=O)O)CC[N+](C(=O)O)(c2cnc(-c3nn(Cc4ccccc4F)c4ncccc34)nc2N)CC1. The van der Waals surface area contributed by atoms with Gasteiger partial charge in [-0.2, -0.15) is 19.2 Å². The van der Waals surface area contributed by atoms with E-state index < -0.39 is 22.2 Å². The van der Waals surface area contributed by atoms with Gasteiger partial charge in [0.05, 0.1) is 18.1 Å². The maximum Gasteiger partial charge on any atom is 0.519 e. The molecular formula is C27H31FN8O4+2. The van der Waals surface area contributed by atoms with E-state index >= 15 is 0 Å². The van der Waals surface area contributed by atoms with Gasteiger partial charge in [-0.1, -0.05) is 18.2 Å². The molecule has 0 spiro atoms.